The van der Waals surface area contributed by atoms with E-state index in [9.17, 15) is 29.1 Å². The maximum absolute atomic E-state index is 13.2. The number of nitrogens with two attached hydrogens (primary N) is 3. The highest BCUT2D eigenvalue weighted by atomic mass is 16.4. The van der Waals surface area contributed by atoms with E-state index in [1.54, 1.807) is 13.8 Å². The number of carbonyl (C=O) groups is 5. The Morgan fingerprint density at radius 3 is 2.29 bits per heavy atom. The Morgan fingerprint density at radius 1 is 1.12 bits per heavy atom. The third-order valence-electron chi connectivity index (χ3n) is 5.36. The van der Waals surface area contributed by atoms with E-state index in [4.69, 9.17) is 22.3 Å². The molecule has 10 N–H and O–H groups in total. The van der Waals surface area contributed by atoms with Gasteiger partial charge in [0.25, 0.3) is 0 Å². The molecular formula is C20H35N7O7. The monoisotopic (exact) mass is 485 g/mol. The van der Waals surface area contributed by atoms with Crippen molar-refractivity contribution in [3.05, 3.63) is 0 Å². The fourth-order valence-corrected chi connectivity index (χ4v) is 3.57. The van der Waals surface area contributed by atoms with Gasteiger partial charge in [-0.3, -0.25) is 24.2 Å². The van der Waals surface area contributed by atoms with E-state index in [2.05, 4.69) is 15.6 Å². The van der Waals surface area contributed by atoms with Crippen molar-refractivity contribution in [1.29, 1.82) is 0 Å². The molecule has 14 heteroatoms. The average Bonchev–Trinajstić information content (AvgIpc) is 3.22. The molecule has 1 rings (SSSR count). The first-order valence-corrected chi connectivity index (χ1v) is 11.0. The Labute approximate surface area is 197 Å². The predicted octanol–water partition coefficient (Wildman–Crippen LogP) is -2.46. The Balaban J connectivity index is 2.86. The van der Waals surface area contributed by atoms with Crippen LogP contribution < -0.4 is 27.8 Å². The van der Waals surface area contributed by atoms with Crippen molar-refractivity contribution in [2.24, 2.45) is 28.1 Å². The molecule has 4 atom stereocenters. The van der Waals surface area contributed by atoms with Gasteiger partial charge >= 0.3 is 11.9 Å². The van der Waals surface area contributed by atoms with Crippen LogP contribution in [0.1, 0.15) is 46.0 Å². The molecule has 3 amide bonds. The first-order valence-electron chi connectivity index (χ1n) is 11.0. The predicted molar refractivity (Wildman–Crippen MR) is 121 cm³/mol. The smallest absolute Gasteiger partial charge is 0.326 e. The van der Waals surface area contributed by atoms with Gasteiger partial charge in [0.1, 0.15) is 18.1 Å². The maximum Gasteiger partial charge on any atom is 0.326 e. The standard InChI is InChI=1S/C20H35N7O7/c1-10(2)15(26-16(30)11(21)9-14(28)29)18(32)27-8-4-6-13(27)17(31)25-12(19(33)34)5-3-7-24-20(22)23/h10-13,15H,3-9,21H2,1-2H3,(H,25,31)(H,26,30)(H,28,29)(H,33,34)(H4,22,23,24). The van der Waals surface area contributed by atoms with E-state index < -0.39 is 60.2 Å². The molecule has 4 unspecified atom stereocenters. The summed E-state index contributed by atoms with van der Waals surface area (Å²) in [6, 6.07) is -4.46. The number of nitrogens with one attached hydrogen (secondary N) is 2. The van der Waals surface area contributed by atoms with Gasteiger partial charge in [0.2, 0.25) is 17.7 Å². The van der Waals surface area contributed by atoms with E-state index in [0.717, 1.165) is 0 Å². The van der Waals surface area contributed by atoms with Crippen LogP contribution in [0.4, 0.5) is 0 Å². The van der Waals surface area contributed by atoms with Gasteiger partial charge in [0, 0.05) is 13.1 Å². The molecule has 1 aliphatic rings. The van der Waals surface area contributed by atoms with Gasteiger partial charge in [-0.2, -0.15) is 0 Å². The van der Waals surface area contributed by atoms with Crippen molar-refractivity contribution in [3.63, 3.8) is 0 Å². The average molecular weight is 486 g/mol. The summed E-state index contributed by atoms with van der Waals surface area (Å²) in [6.45, 7) is 3.83. The summed E-state index contributed by atoms with van der Waals surface area (Å²) in [5.41, 5.74) is 16.1. The zero-order chi connectivity index (χ0) is 26.0. The van der Waals surface area contributed by atoms with Crippen LogP contribution in [0.25, 0.3) is 0 Å². The molecule has 0 radical (unpaired) electrons. The van der Waals surface area contributed by atoms with Crippen molar-refractivity contribution >= 4 is 35.6 Å². The number of hydrogen-bond donors (Lipinski definition) is 7. The van der Waals surface area contributed by atoms with E-state index in [-0.39, 0.29) is 31.4 Å². The number of nitrogens with zero attached hydrogens (tertiary/aromatic N) is 2. The first kappa shape index (κ1) is 28.6. The minimum Gasteiger partial charge on any atom is -0.481 e. The number of carbonyl (C=O) groups excluding carboxylic acids is 3. The summed E-state index contributed by atoms with van der Waals surface area (Å²) in [7, 11) is 0. The summed E-state index contributed by atoms with van der Waals surface area (Å²) in [4.78, 5) is 65.8. The molecule has 34 heavy (non-hydrogen) atoms. The minimum absolute atomic E-state index is 0.0880. The third-order valence-corrected chi connectivity index (χ3v) is 5.36. The van der Waals surface area contributed by atoms with Gasteiger partial charge in [-0.25, -0.2) is 4.79 Å². The fraction of sp³-hybridized carbons (Fsp3) is 0.700. The Hall–Kier alpha value is -3.42. The first-order chi connectivity index (χ1) is 15.8. The van der Waals surface area contributed by atoms with E-state index in [1.807, 2.05) is 0 Å². The molecule has 1 heterocycles. The van der Waals surface area contributed by atoms with Crippen LogP contribution in [0.2, 0.25) is 0 Å². The molecule has 0 aromatic heterocycles. The van der Waals surface area contributed by atoms with Crippen molar-refractivity contribution in [2.45, 2.75) is 70.1 Å². The van der Waals surface area contributed by atoms with Gasteiger partial charge < -0.3 is 42.9 Å². The van der Waals surface area contributed by atoms with Gasteiger partial charge in [-0.15, -0.1) is 0 Å². The highest BCUT2D eigenvalue weighted by molar-refractivity contribution is 5.95. The second kappa shape index (κ2) is 13.3. The van der Waals surface area contributed by atoms with Crippen LogP contribution in [0, 0.1) is 5.92 Å². The van der Waals surface area contributed by atoms with Crippen molar-refractivity contribution in [1.82, 2.24) is 15.5 Å². The van der Waals surface area contributed by atoms with Gasteiger partial charge in [-0.1, -0.05) is 13.8 Å². The molecular weight excluding hydrogens is 450 g/mol. The lowest BCUT2D eigenvalue weighted by atomic mass is 10.0. The number of carboxylic acids is 2. The Bertz CT molecular complexity index is 798. The third kappa shape index (κ3) is 8.84. The summed E-state index contributed by atoms with van der Waals surface area (Å²) in [6.07, 6.45) is 0.656. The Morgan fingerprint density at radius 2 is 1.76 bits per heavy atom. The number of carboxylic acid groups (broad SMARTS) is 2. The molecule has 1 fully saturated rings. The normalized spacial score (nSPS) is 18.0. The molecule has 0 saturated carbocycles. The molecule has 0 spiro atoms. The quantitative estimate of drug-likeness (QED) is 0.0823. The topological polar surface area (TPSA) is 244 Å². The summed E-state index contributed by atoms with van der Waals surface area (Å²) >= 11 is 0. The van der Waals surface area contributed by atoms with E-state index in [0.29, 0.717) is 19.3 Å². The van der Waals surface area contributed by atoms with Crippen LogP contribution in [0.5, 0.6) is 0 Å². The van der Waals surface area contributed by atoms with Gasteiger partial charge in [0.05, 0.1) is 12.5 Å². The van der Waals surface area contributed by atoms with Gasteiger partial charge in [0.15, 0.2) is 5.96 Å². The molecule has 0 bridgehead atoms. The Kier molecular flexibility index (Phi) is 11.2. The second-order valence-corrected chi connectivity index (χ2v) is 8.47. The van der Waals surface area contributed by atoms with Crippen LogP contribution in [-0.4, -0.2) is 88.0 Å². The molecule has 0 aromatic carbocycles. The molecule has 0 aromatic rings. The van der Waals surface area contributed by atoms with E-state index in [1.165, 1.54) is 4.90 Å². The van der Waals surface area contributed by atoms with Gasteiger partial charge in [-0.05, 0) is 31.6 Å². The lowest BCUT2D eigenvalue weighted by molar-refractivity contribution is -0.145. The second-order valence-electron chi connectivity index (χ2n) is 8.47. The molecule has 14 nitrogen and oxygen atoms in total. The number of rotatable bonds is 13. The number of likely N-dealkylation sites (tertiary alicyclic amines) is 1. The fourth-order valence-electron chi connectivity index (χ4n) is 3.57. The molecule has 0 aliphatic carbocycles. The summed E-state index contributed by atoms with van der Waals surface area (Å²) in [5.74, 6) is -4.90. The summed E-state index contributed by atoms with van der Waals surface area (Å²) < 4.78 is 0. The van der Waals surface area contributed by atoms with E-state index >= 15 is 0 Å². The number of amides is 3. The van der Waals surface area contributed by atoms with Crippen molar-refractivity contribution in [3.8, 4) is 0 Å². The lowest BCUT2D eigenvalue weighted by Crippen LogP contribution is -2.58. The maximum atomic E-state index is 13.2. The molecule has 192 valence electrons. The summed E-state index contributed by atoms with van der Waals surface area (Å²) in [5, 5.41) is 23.2. The number of aliphatic imine (C=N–C) groups is 1. The SMILES string of the molecule is CC(C)C(NC(=O)C(N)CC(=O)O)C(=O)N1CCCC1C(=O)NC(CCCN=C(N)N)C(=O)O. The van der Waals surface area contributed by atoms with Crippen LogP contribution >= 0.6 is 0 Å². The molecule has 1 aliphatic heterocycles. The van der Waals surface area contributed by atoms with Crippen LogP contribution in [0.3, 0.4) is 0 Å². The number of hydrogen-bond acceptors (Lipinski definition) is 7. The highest BCUT2D eigenvalue weighted by Gasteiger charge is 2.40. The van der Waals surface area contributed by atoms with Crippen LogP contribution in [0.15, 0.2) is 4.99 Å². The highest BCUT2D eigenvalue weighted by Crippen LogP contribution is 2.21. The van der Waals surface area contributed by atoms with Crippen molar-refractivity contribution < 1.29 is 34.2 Å². The largest absolute Gasteiger partial charge is 0.481 e. The number of aliphatic carboxylic acids is 2. The van der Waals surface area contributed by atoms with Crippen molar-refractivity contribution in [2.75, 3.05) is 13.1 Å². The minimum atomic E-state index is -1.33. The lowest BCUT2D eigenvalue weighted by Gasteiger charge is -2.31. The van der Waals surface area contributed by atoms with Crippen LogP contribution in [-0.2, 0) is 24.0 Å². The molecule has 1 saturated heterocycles. The zero-order valence-corrected chi connectivity index (χ0v) is 19.4. The number of guanidine groups is 1. The zero-order valence-electron chi connectivity index (χ0n) is 19.4.